The minimum absolute atomic E-state index is 0.0686. The fourth-order valence-corrected chi connectivity index (χ4v) is 1.99. The second kappa shape index (κ2) is 5.17. The Kier molecular flexibility index (Phi) is 4.10. The van der Waals surface area contributed by atoms with Gasteiger partial charge in [0.05, 0.1) is 12.2 Å². The van der Waals surface area contributed by atoms with E-state index in [0.29, 0.717) is 5.69 Å². The first kappa shape index (κ1) is 13.5. The van der Waals surface area contributed by atoms with Crippen molar-refractivity contribution in [1.82, 2.24) is 9.71 Å². The van der Waals surface area contributed by atoms with Crippen molar-refractivity contribution in [1.29, 1.82) is 0 Å². The lowest BCUT2D eigenvalue weighted by molar-refractivity contribution is -0.116. The van der Waals surface area contributed by atoms with Crippen molar-refractivity contribution < 1.29 is 13.2 Å². The smallest absolute Gasteiger partial charge is 0.242 e. The van der Waals surface area contributed by atoms with E-state index >= 15 is 0 Å². The largest absolute Gasteiger partial charge is 0.388 e. The molecule has 0 aliphatic rings. The van der Waals surface area contributed by atoms with Gasteiger partial charge in [-0.25, -0.2) is 13.1 Å². The number of primary amides is 1. The maximum Gasteiger partial charge on any atom is 0.242 e. The van der Waals surface area contributed by atoms with Crippen molar-refractivity contribution in [3.8, 4) is 0 Å². The highest BCUT2D eigenvalue weighted by Crippen LogP contribution is 2.07. The number of aromatic nitrogens is 1. The molecular weight excluding hydrogens is 264 g/mol. The van der Waals surface area contributed by atoms with Gasteiger partial charge in [-0.2, -0.15) is 0 Å². The van der Waals surface area contributed by atoms with Crippen molar-refractivity contribution in [2.75, 3.05) is 6.54 Å². The highest BCUT2D eigenvalue weighted by molar-refractivity contribution is 7.89. The SMILES string of the molecule is NC(=O)CNS(=O)(=O)c1ccc(C(N)=S)nc1. The van der Waals surface area contributed by atoms with E-state index in [2.05, 4.69) is 17.2 Å². The Bertz CT molecular complexity index is 538. The van der Waals surface area contributed by atoms with Crippen LogP contribution in [0.4, 0.5) is 0 Å². The van der Waals surface area contributed by atoms with Crippen LogP contribution in [0.5, 0.6) is 0 Å². The van der Waals surface area contributed by atoms with E-state index in [0.717, 1.165) is 6.20 Å². The van der Waals surface area contributed by atoms with Crippen LogP contribution in [0.1, 0.15) is 5.69 Å². The Labute approximate surface area is 103 Å². The van der Waals surface area contributed by atoms with Gasteiger partial charge in [0.25, 0.3) is 0 Å². The van der Waals surface area contributed by atoms with Gasteiger partial charge in [0, 0.05) is 6.20 Å². The second-order valence-corrected chi connectivity index (χ2v) is 5.24. The first-order valence-electron chi connectivity index (χ1n) is 4.37. The molecule has 1 rings (SSSR count). The van der Waals surface area contributed by atoms with E-state index in [1.165, 1.54) is 12.1 Å². The number of nitrogens with one attached hydrogen (secondary N) is 1. The van der Waals surface area contributed by atoms with Crippen LogP contribution in [-0.2, 0) is 14.8 Å². The Balaban J connectivity index is 2.92. The monoisotopic (exact) mass is 274 g/mol. The van der Waals surface area contributed by atoms with Crippen molar-refractivity contribution >= 4 is 33.1 Å². The molecule has 1 amide bonds. The standard InChI is InChI=1S/C8H10N4O3S2/c9-7(13)4-12-17(14,15)5-1-2-6(8(10)16)11-3-5/h1-3,12H,4H2,(H2,9,13)(H2,10,16). The molecule has 1 aromatic heterocycles. The zero-order valence-electron chi connectivity index (χ0n) is 8.58. The third kappa shape index (κ3) is 3.73. The topological polar surface area (TPSA) is 128 Å². The van der Waals surface area contributed by atoms with Crippen LogP contribution < -0.4 is 16.2 Å². The van der Waals surface area contributed by atoms with E-state index in [4.69, 9.17) is 11.5 Å². The van der Waals surface area contributed by atoms with E-state index in [9.17, 15) is 13.2 Å². The van der Waals surface area contributed by atoms with Crippen LogP contribution in [0.25, 0.3) is 0 Å². The first-order valence-corrected chi connectivity index (χ1v) is 6.26. The molecule has 0 bridgehead atoms. The highest BCUT2D eigenvalue weighted by atomic mass is 32.2. The summed E-state index contributed by atoms with van der Waals surface area (Å²) in [5.74, 6) is -0.777. The maximum atomic E-state index is 11.6. The zero-order valence-corrected chi connectivity index (χ0v) is 10.2. The summed E-state index contributed by atoms with van der Waals surface area (Å²) in [7, 11) is -3.80. The number of nitrogens with zero attached hydrogens (tertiary/aromatic N) is 1. The van der Waals surface area contributed by atoms with Gasteiger partial charge in [0.15, 0.2) is 0 Å². The molecule has 0 aliphatic heterocycles. The quantitative estimate of drug-likeness (QED) is 0.559. The lowest BCUT2D eigenvalue weighted by Gasteiger charge is -2.05. The van der Waals surface area contributed by atoms with Gasteiger partial charge < -0.3 is 11.5 Å². The number of carbonyl (C=O) groups excluding carboxylic acids is 1. The summed E-state index contributed by atoms with van der Waals surface area (Å²) < 4.78 is 25.2. The number of hydrogen-bond acceptors (Lipinski definition) is 5. The van der Waals surface area contributed by atoms with E-state index < -0.39 is 22.5 Å². The molecular formula is C8H10N4O3S2. The maximum absolute atomic E-state index is 11.6. The number of thiocarbonyl (C=S) groups is 1. The van der Waals surface area contributed by atoms with Crippen LogP contribution in [0.2, 0.25) is 0 Å². The van der Waals surface area contributed by atoms with Gasteiger partial charge in [0.1, 0.15) is 9.88 Å². The normalized spacial score (nSPS) is 11.1. The lowest BCUT2D eigenvalue weighted by Crippen LogP contribution is -2.33. The fourth-order valence-electron chi connectivity index (χ4n) is 0.934. The summed E-state index contributed by atoms with van der Waals surface area (Å²) in [5.41, 5.74) is 10.5. The molecule has 0 aliphatic carbocycles. The minimum Gasteiger partial charge on any atom is -0.388 e. The van der Waals surface area contributed by atoms with Gasteiger partial charge >= 0.3 is 0 Å². The summed E-state index contributed by atoms with van der Waals surface area (Å²) in [4.78, 5) is 14.2. The molecule has 17 heavy (non-hydrogen) atoms. The number of rotatable bonds is 5. The molecule has 1 aromatic rings. The predicted molar refractivity (Wildman–Crippen MR) is 64.5 cm³/mol. The molecule has 0 spiro atoms. The molecule has 9 heteroatoms. The van der Waals surface area contributed by atoms with Crippen LogP contribution in [0, 0.1) is 0 Å². The van der Waals surface area contributed by atoms with E-state index in [-0.39, 0.29) is 9.88 Å². The summed E-state index contributed by atoms with van der Waals surface area (Å²) in [6.45, 7) is -0.473. The fraction of sp³-hybridized carbons (Fsp3) is 0.125. The number of nitrogens with two attached hydrogens (primary N) is 2. The van der Waals surface area contributed by atoms with Gasteiger partial charge in [-0.3, -0.25) is 9.78 Å². The molecule has 0 atom stereocenters. The van der Waals surface area contributed by atoms with Gasteiger partial charge in [-0.15, -0.1) is 0 Å². The van der Waals surface area contributed by atoms with Gasteiger partial charge in [-0.1, -0.05) is 12.2 Å². The number of hydrogen-bond donors (Lipinski definition) is 3. The summed E-state index contributed by atoms with van der Waals surface area (Å²) >= 11 is 4.67. The average Bonchev–Trinajstić information content (AvgIpc) is 2.27. The zero-order chi connectivity index (χ0) is 13.1. The lowest BCUT2D eigenvalue weighted by atomic mass is 10.3. The molecule has 0 saturated heterocycles. The van der Waals surface area contributed by atoms with Gasteiger partial charge in [-0.05, 0) is 12.1 Å². The second-order valence-electron chi connectivity index (χ2n) is 3.03. The Morgan fingerprint density at radius 3 is 2.47 bits per heavy atom. The number of sulfonamides is 1. The third-order valence-electron chi connectivity index (χ3n) is 1.74. The predicted octanol–water partition coefficient (Wildman–Crippen LogP) is -1.52. The molecule has 1 heterocycles. The van der Waals surface area contributed by atoms with Gasteiger partial charge in [0.2, 0.25) is 15.9 Å². The molecule has 0 aromatic carbocycles. The molecule has 0 unspecified atom stereocenters. The Morgan fingerprint density at radius 1 is 1.41 bits per heavy atom. The van der Waals surface area contributed by atoms with Crippen LogP contribution in [-0.4, -0.2) is 30.8 Å². The summed E-state index contributed by atoms with van der Waals surface area (Å²) in [6.07, 6.45) is 1.10. The number of carbonyl (C=O) groups is 1. The highest BCUT2D eigenvalue weighted by Gasteiger charge is 2.15. The van der Waals surface area contributed by atoms with Crippen LogP contribution in [0.15, 0.2) is 23.2 Å². The summed E-state index contributed by atoms with van der Waals surface area (Å²) in [5, 5.41) is 0. The van der Waals surface area contributed by atoms with Crippen molar-refractivity contribution in [3.63, 3.8) is 0 Å². The van der Waals surface area contributed by atoms with Crippen LogP contribution in [0.3, 0.4) is 0 Å². The Hall–Kier alpha value is -1.58. The van der Waals surface area contributed by atoms with Crippen LogP contribution >= 0.6 is 12.2 Å². The molecule has 0 saturated carbocycles. The summed E-state index contributed by atoms with van der Waals surface area (Å²) in [6, 6.07) is 2.66. The minimum atomic E-state index is -3.80. The molecule has 7 nitrogen and oxygen atoms in total. The van der Waals surface area contributed by atoms with E-state index in [1.54, 1.807) is 0 Å². The Morgan fingerprint density at radius 2 is 2.06 bits per heavy atom. The molecule has 92 valence electrons. The molecule has 5 N–H and O–H groups in total. The molecule has 0 radical (unpaired) electrons. The first-order chi connectivity index (χ1) is 7.83. The van der Waals surface area contributed by atoms with Crippen molar-refractivity contribution in [3.05, 3.63) is 24.0 Å². The number of pyridine rings is 1. The van der Waals surface area contributed by atoms with E-state index in [1.807, 2.05) is 4.72 Å². The average molecular weight is 274 g/mol. The van der Waals surface area contributed by atoms with Crippen molar-refractivity contribution in [2.45, 2.75) is 4.90 Å². The third-order valence-corrected chi connectivity index (χ3v) is 3.33. The molecule has 0 fully saturated rings. The van der Waals surface area contributed by atoms with Crippen molar-refractivity contribution in [2.24, 2.45) is 11.5 Å². The number of amides is 1.